The van der Waals surface area contributed by atoms with Gasteiger partial charge in [0, 0.05) is 18.0 Å². The van der Waals surface area contributed by atoms with Gasteiger partial charge in [-0.2, -0.15) is 0 Å². The van der Waals surface area contributed by atoms with Gasteiger partial charge in [0.1, 0.15) is 6.61 Å². The molecular weight excluding hydrogens is 444 g/mol. The molecule has 0 unspecified atom stereocenters. The van der Waals surface area contributed by atoms with E-state index in [4.69, 9.17) is 18.9 Å². The van der Waals surface area contributed by atoms with Crippen LogP contribution in [-0.2, 0) is 13.2 Å². The van der Waals surface area contributed by atoms with E-state index in [-0.39, 0.29) is 12.5 Å². The molecule has 4 aromatic rings. The first-order valence-corrected chi connectivity index (χ1v) is 11.2. The number of hydrogen-bond acceptors (Lipinski definition) is 6. The van der Waals surface area contributed by atoms with Crippen molar-refractivity contribution in [3.63, 3.8) is 0 Å². The van der Waals surface area contributed by atoms with Gasteiger partial charge < -0.3 is 24.3 Å². The van der Waals surface area contributed by atoms with Crippen LogP contribution in [0.4, 0.5) is 0 Å². The minimum Gasteiger partial charge on any atom is -0.493 e. The van der Waals surface area contributed by atoms with E-state index in [0.717, 1.165) is 16.5 Å². The second-order valence-corrected chi connectivity index (χ2v) is 8.02. The Kier molecular flexibility index (Phi) is 7.35. The van der Waals surface area contributed by atoms with Gasteiger partial charge >= 0.3 is 0 Å². The fourth-order valence-electron chi connectivity index (χ4n) is 3.77. The number of pyridine rings is 1. The Bertz CT molecular complexity index is 1310. The van der Waals surface area contributed by atoms with Crippen LogP contribution in [0.5, 0.6) is 23.1 Å². The quantitative estimate of drug-likeness (QED) is 0.366. The van der Waals surface area contributed by atoms with Crippen molar-refractivity contribution < 1.29 is 23.7 Å². The molecule has 3 aromatic carbocycles. The SMILES string of the molecule is COc1cc(CNC(=O)c2cc(OCc3ccc(C)cc3)nc3ccccc23)cc(OC)c1OC. The van der Waals surface area contributed by atoms with Crippen LogP contribution in [0.2, 0.25) is 0 Å². The molecule has 180 valence electrons. The Morgan fingerprint density at radius 3 is 2.20 bits per heavy atom. The number of hydrogen-bond donors (Lipinski definition) is 1. The number of ether oxygens (including phenoxy) is 4. The standard InChI is InChI=1S/C28H28N2O5/c1-18-9-11-19(12-10-18)17-35-26-15-22(21-7-5-6-8-23(21)30-26)28(31)29-16-20-13-24(32-2)27(34-4)25(14-20)33-3/h5-15H,16-17H2,1-4H3,(H,29,31). The van der Waals surface area contributed by atoms with Gasteiger partial charge in [-0.05, 0) is 36.2 Å². The van der Waals surface area contributed by atoms with E-state index in [1.54, 1.807) is 27.4 Å². The fourth-order valence-corrected chi connectivity index (χ4v) is 3.77. The molecule has 1 amide bonds. The molecule has 1 N–H and O–H groups in total. The lowest BCUT2D eigenvalue weighted by Crippen LogP contribution is -2.23. The highest BCUT2D eigenvalue weighted by Crippen LogP contribution is 2.38. The van der Waals surface area contributed by atoms with Gasteiger partial charge in [-0.25, -0.2) is 4.98 Å². The number of fused-ring (bicyclic) bond motifs is 1. The molecule has 0 saturated carbocycles. The molecule has 4 rings (SSSR count). The summed E-state index contributed by atoms with van der Waals surface area (Å²) in [5.41, 5.74) is 4.19. The second-order valence-electron chi connectivity index (χ2n) is 8.02. The smallest absolute Gasteiger partial charge is 0.252 e. The van der Waals surface area contributed by atoms with Crippen molar-refractivity contribution in [1.29, 1.82) is 0 Å². The number of para-hydroxylation sites is 1. The van der Waals surface area contributed by atoms with Gasteiger partial charge in [-0.3, -0.25) is 4.79 Å². The number of carbonyl (C=O) groups excluding carboxylic acids is 1. The molecular formula is C28H28N2O5. The topological polar surface area (TPSA) is 78.9 Å². The number of nitrogens with one attached hydrogen (secondary N) is 1. The molecule has 0 atom stereocenters. The molecule has 0 aliphatic heterocycles. The number of amides is 1. The van der Waals surface area contributed by atoms with Crippen molar-refractivity contribution in [2.45, 2.75) is 20.1 Å². The monoisotopic (exact) mass is 472 g/mol. The molecule has 35 heavy (non-hydrogen) atoms. The summed E-state index contributed by atoms with van der Waals surface area (Å²) in [5, 5.41) is 3.73. The molecule has 7 heteroatoms. The molecule has 0 spiro atoms. The van der Waals surface area contributed by atoms with Gasteiger partial charge in [0.15, 0.2) is 11.5 Å². The largest absolute Gasteiger partial charge is 0.493 e. The number of benzene rings is 3. The van der Waals surface area contributed by atoms with Gasteiger partial charge in [0.2, 0.25) is 11.6 Å². The van der Waals surface area contributed by atoms with Crippen LogP contribution in [0.3, 0.4) is 0 Å². The molecule has 0 bridgehead atoms. The normalized spacial score (nSPS) is 10.6. The van der Waals surface area contributed by atoms with E-state index < -0.39 is 0 Å². The third-order valence-electron chi connectivity index (χ3n) is 5.62. The van der Waals surface area contributed by atoms with Crippen molar-refractivity contribution >= 4 is 16.8 Å². The minimum absolute atomic E-state index is 0.238. The Hall–Kier alpha value is -4.26. The van der Waals surface area contributed by atoms with Gasteiger partial charge in [-0.1, -0.05) is 48.0 Å². The van der Waals surface area contributed by atoms with Crippen LogP contribution in [0.25, 0.3) is 10.9 Å². The van der Waals surface area contributed by atoms with Crippen molar-refractivity contribution in [2.24, 2.45) is 0 Å². The average Bonchev–Trinajstić information content (AvgIpc) is 2.90. The second kappa shape index (κ2) is 10.8. The zero-order valence-corrected chi connectivity index (χ0v) is 20.3. The van der Waals surface area contributed by atoms with Crippen LogP contribution in [0.1, 0.15) is 27.0 Å². The molecule has 1 heterocycles. The Morgan fingerprint density at radius 1 is 0.857 bits per heavy atom. The predicted octanol–water partition coefficient (Wildman–Crippen LogP) is 5.08. The van der Waals surface area contributed by atoms with Crippen LogP contribution in [0, 0.1) is 6.92 Å². The lowest BCUT2D eigenvalue weighted by Gasteiger charge is -2.15. The van der Waals surface area contributed by atoms with E-state index in [2.05, 4.69) is 10.3 Å². The molecule has 7 nitrogen and oxygen atoms in total. The molecule has 1 aromatic heterocycles. The molecule has 0 saturated heterocycles. The lowest BCUT2D eigenvalue weighted by molar-refractivity contribution is 0.0952. The van der Waals surface area contributed by atoms with Crippen LogP contribution >= 0.6 is 0 Å². The maximum atomic E-state index is 13.2. The summed E-state index contributed by atoms with van der Waals surface area (Å²) in [4.78, 5) is 17.8. The van der Waals surface area contributed by atoms with E-state index in [0.29, 0.717) is 40.8 Å². The number of methoxy groups -OCH3 is 3. The highest BCUT2D eigenvalue weighted by Gasteiger charge is 2.16. The number of carbonyl (C=O) groups is 1. The maximum absolute atomic E-state index is 13.2. The van der Waals surface area contributed by atoms with E-state index in [1.807, 2.05) is 67.6 Å². The Labute approximate surface area is 204 Å². The van der Waals surface area contributed by atoms with Gasteiger partial charge in [0.25, 0.3) is 5.91 Å². The highest BCUT2D eigenvalue weighted by molar-refractivity contribution is 6.06. The lowest BCUT2D eigenvalue weighted by atomic mass is 10.1. The summed E-state index contributed by atoms with van der Waals surface area (Å²) in [6, 6.07) is 20.9. The van der Waals surface area contributed by atoms with Gasteiger partial charge in [0.05, 0.1) is 32.4 Å². The van der Waals surface area contributed by atoms with E-state index in [9.17, 15) is 4.79 Å². The first kappa shape index (κ1) is 23.9. The number of aromatic nitrogens is 1. The van der Waals surface area contributed by atoms with Crippen LogP contribution < -0.4 is 24.3 Å². The minimum atomic E-state index is -0.238. The fraction of sp³-hybridized carbons (Fsp3) is 0.214. The summed E-state index contributed by atoms with van der Waals surface area (Å²) in [7, 11) is 4.66. The van der Waals surface area contributed by atoms with Crippen molar-refractivity contribution in [3.05, 3.63) is 89.0 Å². The average molecular weight is 473 g/mol. The van der Waals surface area contributed by atoms with E-state index in [1.165, 1.54) is 5.56 Å². The number of rotatable bonds is 9. The summed E-state index contributed by atoms with van der Waals surface area (Å²) < 4.78 is 22.1. The summed E-state index contributed by atoms with van der Waals surface area (Å²) in [6.45, 7) is 2.67. The third-order valence-corrected chi connectivity index (χ3v) is 5.62. The van der Waals surface area contributed by atoms with Crippen molar-refractivity contribution in [3.8, 4) is 23.1 Å². The first-order valence-electron chi connectivity index (χ1n) is 11.2. The summed E-state index contributed by atoms with van der Waals surface area (Å²) >= 11 is 0. The Balaban J connectivity index is 1.56. The Morgan fingerprint density at radius 2 is 1.54 bits per heavy atom. The van der Waals surface area contributed by atoms with Crippen molar-refractivity contribution in [1.82, 2.24) is 10.3 Å². The van der Waals surface area contributed by atoms with E-state index >= 15 is 0 Å². The highest BCUT2D eigenvalue weighted by atomic mass is 16.5. The van der Waals surface area contributed by atoms with Crippen molar-refractivity contribution in [2.75, 3.05) is 21.3 Å². The maximum Gasteiger partial charge on any atom is 0.252 e. The van der Waals surface area contributed by atoms with Gasteiger partial charge in [-0.15, -0.1) is 0 Å². The summed E-state index contributed by atoms with van der Waals surface area (Å²) in [5.74, 6) is 1.70. The number of nitrogens with zero attached hydrogens (tertiary/aromatic N) is 1. The zero-order chi connectivity index (χ0) is 24.8. The van der Waals surface area contributed by atoms with Crippen LogP contribution in [-0.4, -0.2) is 32.2 Å². The molecule has 0 aliphatic carbocycles. The number of aryl methyl sites for hydroxylation is 1. The predicted molar refractivity (Wildman–Crippen MR) is 135 cm³/mol. The molecule has 0 fully saturated rings. The third kappa shape index (κ3) is 5.46. The molecule has 0 radical (unpaired) electrons. The molecule has 0 aliphatic rings. The van der Waals surface area contributed by atoms with Crippen LogP contribution in [0.15, 0.2) is 66.7 Å². The summed E-state index contributed by atoms with van der Waals surface area (Å²) in [6.07, 6.45) is 0. The zero-order valence-electron chi connectivity index (χ0n) is 20.3. The first-order chi connectivity index (χ1) is 17.0.